The second kappa shape index (κ2) is 2.83. The summed E-state index contributed by atoms with van der Waals surface area (Å²) in [6.07, 6.45) is 0. The van der Waals surface area contributed by atoms with Gasteiger partial charge in [-0.05, 0) is 18.2 Å². The molecular formula is C7H8N6. The van der Waals surface area contributed by atoms with Crippen LogP contribution in [0.5, 0.6) is 0 Å². The molecule has 1 aromatic heterocycles. The molecule has 6 heteroatoms. The molecule has 1 aromatic carbocycles. The molecule has 0 aliphatic rings. The lowest BCUT2D eigenvalue weighted by Gasteiger charge is -2.00. The zero-order valence-corrected chi connectivity index (χ0v) is 6.70. The summed E-state index contributed by atoms with van der Waals surface area (Å²) in [5.41, 5.74) is 4.52. The van der Waals surface area contributed by atoms with Gasteiger partial charge in [-0.1, -0.05) is 5.21 Å². The number of hydrazine groups is 1. The molecule has 0 amide bonds. The van der Waals surface area contributed by atoms with Crippen molar-refractivity contribution in [2.24, 2.45) is 5.84 Å². The second-order valence-corrected chi connectivity index (χ2v) is 2.56. The van der Waals surface area contributed by atoms with Crippen LogP contribution in [0, 0.1) is 5.41 Å². The SMILES string of the molecule is N=C(NN)c1ccc2nn[nH]c2c1. The van der Waals surface area contributed by atoms with Gasteiger partial charge >= 0.3 is 0 Å². The van der Waals surface area contributed by atoms with Gasteiger partial charge in [0.1, 0.15) is 11.4 Å². The minimum Gasteiger partial charge on any atom is -0.308 e. The van der Waals surface area contributed by atoms with E-state index in [1.54, 1.807) is 18.2 Å². The van der Waals surface area contributed by atoms with Gasteiger partial charge in [0.05, 0.1) is 5.52 Å². The van der Waals surface area contributed by atoms with Crippen molar-refractivity contribution in [2.75, 3.05) is 0 Å². The molecule has 0 unspecified atom stereocenters. The number of H-pyrrole nitrogens is 1. The molecule has 0 aliphatic carbocycles. The van der Waals surface area contributed by atoms with Crippen LogP contribution in [0.15, 0.2) is 18.2 Å². The highest BCUT2D eigenvalue weighted by molar-refractivity contribution is 5.98. The number of hydrogen-bond donors (Lipinski definition) is 4. The Bertz CT molecular complexity index is 445. The van der Waals surface area contributed by atoms with Gasteiger partial charge in [0.15, 0.2) is 0 Å². The molecule has 2 aromatic rings. The maximum Gasteiger partial charge on any atom is 0.139 e. The summed E-state index contributed by atoms with van der Waals surface area (Å²) in [6, 6.07) is 5.30. The predicted molar refractivity (Wildman–Crippen MR) is 48.0 cm³/mol. The van der Waals surface area contributed by atoms with E-state index in [1.165, 1.54) is 0 Å². The molecule has 0 fully saturated rings. The summed E-state index contributed by atoms with van der Waals surface area (Å²) in [7, 11) is 0. The van der Waals surface area contributed by atoms with E-state index in [0.717, 1.165) is 11.0 Å². The Morgan fingerprint density at radius 1 is 1.54 bits per heavy atom. The molecule has 13 heavy (non-hydrogen) atoms. The van der Waals surface area contributed by atoms with Crippen molar-refractivity contribution in [2.45, 2.75) is 0 Å². The van der Waals surface area contributed by atoms with E-state index < -0.39 is 0 Å². The first-order chi connectivity index (χ1) is 6.31. The summed E-state index contributed by atoms with van der Waals surface area (Å²) in [5.74, 6) is 5.27. The fourth-order valence-electron chi connectivity index (χ4n) is 1.08. The number of fused-ring (bicyclic) bond motifs is 1. The van der Waals surface area contributed by atoms with Crippen LogP contribution in [0.3, 0.4) is 0 Å². The van der Waals surface area contributed by atoms with E-state index in [0.29, 0.717) is 5.56 Å². The summed E-state index contributed by atoms with van der Waals surface area (Å²) < 4.78 is 0. The lowest BCUT2D eigenvalue weighted by Crippen LogP contribution is -2.29. The number of nitrogens with one attached hydrogen (secondary N) is 3. The molecule has 0 saturated carbocycles. The number of benzene rings is 1. The Hall–Kier alpha value is -1.95. The highest BCUT2D eigenvalue weighted by Gasteiger charge is 2.02. The fraction of sp³-hybridized carbons (Fsp3) is 0. The first kappa shape index (κ1) is 7.69. The Kier molecular flexibility index (Phi) is 1.67. The average Bonchev–Trinajstić information content (AvgIpc) is 2.63. The minimum absolute atomic E-state index is 0.163. The van der Waals surface area contributed by atoms with Crippen molar-refractivity contribution in [1.82, 2.24) is 20.8 Å². The van der Waals surface area contributed by atoms with Crippen LogP contribution in [0.25, 0.3) is 11.0 Å². The van der Waals surface area contributed by atoms with E-state index >= 15 is 0 Å². The highest BCUT2D eigenvalue weighted by atomic mass is 15.3. The average molecular weight is 176 g/mol. The van der Waals surface area contributed by atoms with Gasteiger partial charge in [0.2, 0.25) is 0 Å². The first-order valence-electron chi connectivity index (χ1n) is 3.67. The maximum atomic E-state index is 7.42. The molecular weight excluding hydrogens is 168 g/mol. The standard InChI is InChI=1S/C7H8N6/c8-7(10-9)4-1-2-5-6(3-4)12-13-11-5/h1-3H,9H2,(H2,8,10)(H,11,12,13). The maximum absolute atomic E-state index is 7.42. The summed E-state index contributed by atoms with van der Waals surface area (Å²) in [5, 5.41) is 17.6. The van der Waals surface area contributed by atoms with Crippen LogP contribution in [-0.4, -0.2) is 21.2 Å². The van der Waals surface area contributed by atoms with Crippen molar-refractivity contribution < 1.29 is 0 Å². The molecule has 5 N–H and O–H groups in total. The third-order valence-electron chi connectivity index (χ3n) is 1.76. The van der Waals surface area contributed by atoms with Crippen molar-refractivity contribution in [3.05, 3.63) is 23.8 Å². The largest absolute Gasteiger partial charge is 0.308 e. The van der Waals surface area contributed by atoms with Crippen molar-refractivity contribution in [3.8, 4) is 0 Å². The minimum atomic E-state index is 0.163. The summed E-state index contributed by atoms with van der Waals surface area (Å²) >= 11 is 0. The van der Waals surface area contributed by atoms with Crippen LogP contribution < -0.4 is 11.3 Å². The number of nitrogens with zero attached hydrogens (tertiary/aromatic N) is 2. The normalized spacial score (nSPS) is 10.2. The van der Waals surface area contributed by atoms with Gasteiger partial charge in [0.25, 0.3) is 0 Å². The Morgan fingerprint density at radius 2 is 2.38 bits per heavy atom. The van der Waals surface area contributed by atoms with Crippen molar-refractivity contribution in [3.63, 3.8) is 0 Å². The monoisotopic (exact) mass is 176 g/mol. The summed E-state index contributed by atoms with van der Waals surface area (Å²) in [4.78, 5) is 0. The highest BCUT2D eigenvalue weighted by Crippen LogP contribution is 2.09. The van der Waals surface area contributed by atoms with Crippen LogP contribution >= 0.6 is 0 Å². The van der Waals surface area contributed by atoms with Gasteiger partial charge in [0, 0.05) is 5.56 Å². The number of rotatable bonds is 1. The van der Waals surface area contributed by atoms with Gasteiger partial charge in [-0.15, -0.1) is 5.10 Å². The number of aromatic amines is 1. The third-order valence-corrected chi connectivity index (χ3v) is 1.76. The Morgan fingerprint density at radius 3 is 3.15 bits per heavy atom. The predicted octanol–water partition coefficient (Wildman–Crippen LogP) is -0.253. The molecule has 0 radical (unpaired) electrons. The third kappa shape index (κ3) is 1.23. The van der Waals surface area contributed by atoms with Gasteiger partial charge in [-0.3, -0.25) is 10.5 Å². The number of amidine groups is 1. The zero-order chi connectivity index (χ0) is 9.26. The molecule has 2 rings (SSSR count). The van der Waals surface area contributed by atoms with Crippen LogP contribution in [0.1, 0.15) is 5.56 Å². The van der Waals surface area contributed by atoms with E-state index in [1.807, 2.05) is 0 Å². The lowest BCUT2D eigenvalue weighted by molar-refractivity contribution is 0.959. The Labute approximate surface area is 73.6 Å². The van der Waals surface area contributed by atoms with Gasteiger partial charge in [-0.25, -0.2) is 5.84 Å². The van der Waals surface area contributed by atoms with Gasteiger partial charge in [-0.2, -0.15) is 0 Å². The second-order valence-electron chi connectivity index (χ2n) is 2.56. The molecule has 66 valence electrons. The van der Waals surface area contributed by atoms with Gasteiger partial charge < -0.3 is 5.43 Å². The smallest absolute Gasteiger partial charge is 0.139 e. The topological polar surface area (TPSA) is 103 Å². The number of hydrogen-bond acceptors (Lipinski definition) is 4. The molecule has 0 atom stereocenters. The van der Waals surface area contributed by atoms with Crippen LogP contribution in [-0.2, 0) is 0 Å². The molecule has 0 spiro atoms. The molecule has 0 saturated heterocycles. The van der Waals surface area contributed by atoms with Crippen LogP contribution in [0.4, 0.5) is 0 Å². The number of nitrogens with two attached hydrogens (primary N) is 1. The van der Waals surface area contributed by atoms with Crippen molar-refractivity contribution in [1.29, 1.82) is 5.41 Å². The quantitative estimate of drug-likeness (QED) is 0.208. The molecule has 0 bridgehead atoms. The number of aromatic nitrogens is 3. The van der Waals surface area contributed by atoms with E-state index in [2.05, 4.69) is 20.8 Å². The van der Waals surface area contributed by atoms with E-state index in [4.69, 9.17) is 11.3 Å². The van der Waals surface area contributed by atoms with E-state index in [9.17, 15) is 0 Å². The van der Waals surface area contributed by atoms with Crippen LogP contribution in [0.2, 0.25) is 0 Å². The summed E-state index contributed by atoms with van der Waals surface area (Å²) in [6.45, 7) is 0. The zero-order valence-electron chi connectivity index (χ0n) is 6.70. The first-order valence-corrected chi connectivity index (χ1v) is 3.67. The lowest BCUT2D eigenvalue weighted by atomic mass is 10.2. The Balaban J connectivity index is 2.54. The molecule has 6 nitrogen and oxygen atoms in total. The fourth-order valence-corrected chi connectivity index (χ4v) is 1.08. The van der Waals surface area contributed by atoms with E-state index in [-0.39, 0.29) is 5.84 Å². The molecule has 1 heterocycles. The van der Waals surface area contributed by atoms with Crippen molar-refractivity contribution >= 4 is 16.9 Å². The molecule has 0 aliphatic heterocycles.